The Kier molecular flexibility index (Phi) is 3.32. The van der Waals surface area contributed by atoms with Gasteiger partial charge >= 0.3 is 6.09 Å². The summed E-state index contributed by atoms with van der Waals surface area (Å²) < 4.78 is 1.88. The highest BCUT2D eigenvalue weighted by molar-refractivity contribution is 5.65. The highest BCUT2D eigenvalue weighted by atomic mass is 16.4. The van der Waals surface area contributed by atoms with E-state index in [4.69, 9.17) is 5.11 Å². The van der Waals surface area contributed by atoms with Crippen molar-refractivity contribution in [2.24, 2.45) is 0 Å². The Hall–Kier alpha value is -2.81. The fourth-order valence-corrected chi connectivity index (χ4v) is 2.26. The predicted molar refractivity (Wildman–Crippen MR) is 75.6 cm³/mol. The van der Waals surface area contributed by atoms with Crippen molar-refractivity contribution in [2.75, 3.05) is 6.54 Å². The second-order valence-electron chi connectivity index (χ2n) is 4.92. The van der Waals surface area contributed by atoms with Gasteiger partial charge in [-0.3, -0.25) is 4.90 Å². The summed E-state index contributed by atoms with van der Waals surface area (Å²) in [5, 5.41) is 17.1. The van der Waals surface area contributed by atoms with Crippen molar-refractivity contribution in [1.82, 2.24) is 19.7 Å². The monoisotopic (exact) mass is 282 g/mol. The van der Waals surface area contributed by atoms with E-state index in [0.29, 0.717) is 24.7 Å². The highest BCUT2D eigenvalue weighted by Gasteiger charge is 2.23. The molecule has 0 atom stereocenters. The van der Waals surface area contributed by atoms with Gasteiger partial charge in [-0.05, 0) is 30.5 Å². The summed E-state index contributed by atoms with van der Waals surface area (Å²) >= 11 is 0. The maximum atomic E-state index is 11.0. The Morgan fingerprint density at radius 1 is 1.29 bits per heavy atom. The fraction of sp³-hybridized carbons (Fsp3) is 0.267. The SMILES string of the molecule is Cc1cccc(C#Cc2nnc3n2CCN(C(=O)O)C3)c1. The number of hydrogen-bond acceptors (Lipinski definition) is 3. The molecule has 21 heavy (non-hydrogen) atoms. The van der Waals surface area contributed by atoms with Gasteiger partial charge in [-0.1, -0.05) is 18.1 Å². The van der Waals surface area contributed by atoms with Crippen LogP contribution in [0.5, 0.6) is 0 Å². The second kappa shape index (κ2) is 5.29. The van der Waals surface area contributed by atoms with Crippen LogP contribution in [0.3, 0.4) is 0 Å². The quantitative estimate of drug-likeness (QED) is 0.743. The van der Waals surface area contributed by atoms with E-state index >= 15 is 0 Å². The summed E-state index contributed by atoms with van der Waals surface area (Å²) in [7, 11) is 0. The molecular formula is C15H14N4O2. The first-order valence-electron chi connectivity index (χ1n) is 6.62. The van der Waals surface area contributed by atoms with Gasteiger partial charge in [0.05, 0.1) is 6.54 Å². The molecule has 1 N–H and O–H groups in total. The van der Waals surface area contributed by atoms with E-state index in [1.807, 2.05) is 35.8 Å². The molecule has 2 heterocycles. The van der Waals surface area contributed by atoms with Gasteiger partial charge in [0.2, 0.25) is 5.82 Å². The molecule has 0 radical (unpaired) electrons. The molecule has 0 bridgehead atoms. The lowest BCUT2D eigenvalue weighted by Crippen LogP contribution is -2.37. The largest absolute Gasteiger partial charge is 0.465 e. The molecule has 0 saturated carbocycles. The van der Waals surface area contributed by atoms with Gasteiger partial charge in [-0.25, -0.2) is 4.79 Å². The smallest absolute Gasteiger partial charge is 0.407 e. The molecule has 0 aliphatic carbocycles. The molecule has 1 amide bonds. The molecule has 6 nitrogen and oxygen atoms in total. The van der Waals surface area contributed by atoms with Crippen LogP contribution in [0.15, 0.2) is 24.3 Å². The molecule has 0 fully saturated rings. The first-order chi connectivity index (χ1) is 10.1. The number of aryl methyl sites for hydroxylation is 1. The van der Waals surface area contributed by atoms with Crippen molar-refractivity contribution in [3.05, 3.63) is 47.0 Å². The third kappa shape index (κ3) is 2.72. The number of nitrogens with zero attached hydrogens (tertiary/aromatic N) is 4. The van der Waals surface area contributed by atoms with Gasteiger partial charge in [0.25, 0.3) is 0 Å². The zero-order valence-electron chi connectivity index (χ0n) is 11.6. The molecule has 3 rings (SSSR count). The molecule has 6 heteroatoms. The lowest BCUT2D eigenvalue weighted by Gasteiger charge is -2.24. The number of carboxylic acid groups (broad SMARTS) is 1. The summed E-state index contributed by atoms with van der Waals surface area (Å²) in [4.78, 5) is 12.3. The summed E-state index contributed by atoms with van der Waals surface area (Å²) in [6, 6.07) is 7.93. The Labute approximate surface area is 122 Å². The lowest BCUT2D eigenvalue weighted by atomic mass is 10.1. The molecule has 1 aliphatic heterocycles. The van der Waals surface area contributed by atoms with Crippen molar-refractivity contribution in [3.63, 3.8) is 0 Å². The minimum absolute atomic E-state index is 0.258. The summed E-state index contributed by atoms with van der Waals surface area (Å²) in [5.41, 5.74) is 2.08. The van der Waals surface area contributed by atoms with Crippen molar-refractivity contribution in [1.29, 1.82) is 0 Å². The van der Waals surface area contributed by atoms with E-state index in [1.54, 1.807) is 0 Å². The van der Waals surface area contributed by atoms with E-state index in [0.717, 1.165) is 11.1 Å². The van der Waals surface area contributed by atoms with Crippen LogP contribution in [0.2, 0.25) is 0 Å². The van der Waals surface area contributed by atoms with Gasteiger partial charge in [0.1, 0.15) is 0 Å². The topological polar surface area (TPSA) is 71.2 Å². The highest BCUT2D eigenvalue weighted by Crippen LogP contribution is 2.12. The van der Waals surface area contributed by atoms with Crippen LogP contribution in [-0.2, 0) is 13.1 Å². The minimum Gasteiger partial charge on any atom is -0.465 e. The molecule has 106 valence electrons. The molecular weight excluding hydrogens is 268 g/mol. The van der Waals surface area contributed by atoms with Crippen LogP contribution in [0.1, 0.15) is 22.8 Å². The van der Waals surface area contributed by atoms with E-state index < -0.39 is 6.09 Å². The van der Waals surface area contributed by atoms with E-state index in [1.165, 1.54) is 4.90 Å². The number of fused-ring (bicyclic) bond motifs is 1. The molecule has 2 aromatic rings. The molecule has 1 aromatic heterocycles. The predicted octanol–water partition coefficient (Wildman–Crippen LogP) is 1.48. The van der Waals surface area contributed by atoms with Gasteiger partial charge in [0, 0.05) is 18.7 Å². The molecule has 1 aromatic carbocycles. The number of aromatic nitrogens is 3. The Balaban J connectivity index is 1.85. The Bertz CT molecular complexity index is 755. The summed E-state index contributed by atoms with van der Waals surface area (Å²) in [6.45, 7) is 3.24. The zero-order valence-corrected chi connectivity index (χ0v) is 11.6. The van der Waals surface area contributed by atoms with Crippen LogP contribution in [-0.4, -0.2) is 37.4 Å². The van der Waals surface area contributed by atoms with Crippen LogP contribution < -0.4 is 0 Å². The van der Waals surface area contributed by atoms with E-state index in [2.05, 4.69) is 22.0 Å². The molecule has 0 spiro atoms. The number of rotatable bonds is 0. The fourth-order valence-electron chi connectivity index (χ4n) is 2.26. The van der Waals surface area contributed by atoms with Gasteiger partial charge in [-0.2, -0.15) is 0 Å². The van der Waals surface area contributed by atoms with Crippen LogP contribution in [0.4, 0.5) is 4.79 Å². The standard InChI is InChI=1S/C15H14N4O2/c1-11-3-2-4-12(9-11)5-6-13-16-17-14-10-18(15(20)21)7-8-19(13)14/h2-4,9H,7-8,10H2,1H3,(H,20,21). The third-order valence-electron chi connectivity index (χ3n) is 3.36. The van der Waals surface area contributed by atoms with E-state index in [-0.39, 0.29) is 6.54 Å². The second-order valence-corrected chi connectivity index (χ2v) is 4.92. The van der Waals surface area contributed by atoms with E-state index in [9.17, 15) is 4.79 Å². The maximum Gasteiger partial charge on any atom is 0.407 e. The van der Waals surface area contributed by atoms with Crippen molar-refractivity contribution >= 4 is 6.09 Å². The van der Waals surface area contributed by atoms with Crippen LogP contribution >= 0.6 is 0 Å². The first-order valence-corrected chi connectivity index (χ1v) is 6.62. The van der Waals surface area contributed by atoms with Gasteiger partial charge in [-0.15, -0.1) is 10.2 Å². The number of amides is 1. The number of carbonyl (C=O) groups is 1. The summed E-state index contributed by atoms with van der Waals surface area (Å²) in [6.07, 6.45) is -0.934. The summed E-state index contributed by atoms with van der Waals surface area (Å²) in [5.74, 6) is 7.30. The normalized spacial score (nSPS) is 13.3. The minimum atomic E-state index is -0.934. The Morgan fingerprint density at radius 3 is 2.90 bits per heavy atom. The molecule has 1 aliphatic rings. The number of benzene rings is 1. The lowest BCUT2D eigenvalue weighted by molar-refractivity contribution is 0.131. The maximum absolute atomic E-state index is 11.0. The third-order valence-corrected chi connectivity index (χ3v) is 3.36. The van der Waals surface area contributed by atoms with Crippen molar-refractivity contribution in [2.45, 2.75) is 20.0 Å². The van der Waals surface area contributed by atoms with Gasteiger partial charge < -0.3 is 9.67 Å². The van der Waals surface area contributed by atoms with Crippen LogP contribution in [0.25, 0.3) is 0 Å². The molecule has 0 saturated heterocycles. The number of hydrogen-bond donors (Lipinski definition) is 1. The first kappa shape index (κ1) is 13.2. The van der Waals surface area contributed by atoms with Crippen LogP contribution in [0, 0.1) is 18.8 Å². The van der Waals surface area contributed by atoms with Crippen molar-refractivity contribution < 1.29 is 9.90 Å². The zero-order chi connectivity index (χ0) is 14.8. The van der Waals surface area contributed by atoms with Gasteiger partial charge in [0.15, 0.2) is 5.82 Å². The average Bonchev–Trinajstić information content (AvgIpc) is 2.87. The van der Waals surface area contributed by atoms with Crippen molar-refractivity contribution in [3.8, 4) is 11.8 Å². The average molecular weight is 282 g/mol. The molecule has 0 unspecified atom stereocenters. The Morgan fingerprint density at radius 2 is 2.14 bits per heavy atom.